The standard InChI is InChI=1S/C14H27N3O2/c15-10-6-2-1-3-9-13(18)17-12-8-5-4-7-11(12)14(16)19/h11-12H,1-10,15H2,(H2,16,19)(H,17,18). The Morgan fingerprint density at radius 2 is 1.74 bits per heavy atom. The molecule has 5 heteroatoms. The third-order valence-electron chi connectivity index (χ3n) is 3.84. The zero-order valence-corrected chi connectivity index (χ0v) is 11.7. The van der Waals surface area contributed by atoms with Gasteiger partial charge in [-0.05, 0) is 32.2 Å². The molecule has 2 unspecified atom stereocenters. The number of hydrogen-bond acceptors (Lipinski definition) is 3. The third-order valence-corrected chi connectivity index (χ3v) is 3.84. The SMILES string of the molecule is NCCCCCCC(=O)NC1CCCCC1C(N)=O. The highest BCUT2D eigenvalue weighted by Crippen LogP contribution is 2.24. The normalized spacial score (nSPS) is 23.0. The number of primary amides is 1. The number of rotatable bonds is 8. The predicted molar refractivity (Wildman–Crippen MR) is 75.2 cm³/mol. The van der Waals surface area contributed by atoms with Gasteiger partial charge in [0.1, 0.15) is 0 Å². The van der Waals surface area contributed by atoms with Crippen LogP contribution in [0, 0.1) is 5.92 Å². The molecule has 0 spiro atoms. The first-order chi connectivity index (χ1) is 9.15. The zero-order chi connectivity index (χ0) is 14.1. The highest BCUT2D eigenvalue weighted by atomic mass is 16.2. The molecule has 5 N–H and O–H groups in total. The fourth-order valence-corrected chi connectivity index (χ4v) is 2.71. The van der Waals surface area contributed by atoms with E-state index in [4.69, 9.17) is 11.5 Å². The van der Waals surface area contributed by atoms with Gasteiger partial charge in [-0.15, -0.1) is 0 Å². The average molecular weight is 269 g/mol. The second-order valence-corrected chi connectivity index (χ2v) is 5.42. The largest absolute Gasteiger partial charge is 0.369 e. The molecule has 1 fully saturated rings. The van der Waals surface area contributed by atoms with Crippen molar-refractivity contribution < 1.29 is 9.59 Å². The van der Waals surface area contributed by atoms with Crippen molar-refractivity contribution in [1.29, 1.82) is 0 Å². The molecule has 0 saturated heterocycles. The van der Waals surface area contributed by atoms with E-state index in [9.17, 15) is 9.59 Å². The summed E-state index contributed by atoms with van der Waals surface area (Å²) in [6.07, 6.45) is 8.32. The van der Waals surface area contributed by atoms with Crippen LogP contribution in [0.15, 0.2) is 0 Å². The molecule has 0 aromatic rings. The van der Waals surface area contributed by atoms with Crippen LogP contribution in [0.25, 0.3) is 0 Å². The monoisotopic (exact) mass is 269 g/mol. The minimum atomic E-state index is -0.284. The summed E-state index contributed by atoms with van der Waals surface area (Å²) < 4.78 is 0. The molecule has 0 aromatic heterocycles. The van der Waals surface area contributed by atoms with E-state index in [1.54, 1.807) is 0 Å². The van der Waals surface area contributed by atoms with Gasteiger partial charge in [0.15, 0.2) is 0 Å². The Labute approximate surface area is 115 Å². The lowest BCUT2D eigenvalue weighted by Gasteiger charge is -2.30. The molecule has 0 aromatic carbocycles. The first-order valence-corrected chi connectivity index (χ1v) is 7.44. The lowest BCUT2D eigenvalue weighted by atomic mass is 9.84. The van der Waals surface area contributed by atoms with Crippen molar-refractivity contribution in [3.63, 3.8) is 0 Å². The van der Waals surface area contributed by atoms with Crippen LogP contribution in [0.5, 0.6) is 0 Å². The minimum absolute atomic E-state index is 0.0471. The first-order valence-electron chi connectivity index (χ1n) is 7.44. The topological polar surface area (TPSA) is 98.2 Å². The predicted octanol–water partition coefficient (Wildman–Crippen LogP) is 1.06. The number of unbranched alkanes of at least 4 members (excludes halogenated alkanes) is 3. The van der Waals surface area contributed by atoms with E-state index >= 15 is 0 Å². The second kappa shape index (κ2) is 8.91. The lowest BCUT2D eigenvalue weighted by Crippen LogP contribution is -2.47. The van der Waals surface area contributed by atoms with Gasteiger partial charge in [-0.2, -0.15) is 0 Å². The van der Waals surface area contributed by atoms with Gasteiger partial charge >= 0.3 is 0 Å². The molecule has 2 amide bonds. The molecular weight excluding hydrogens is 242 g/mol. The zero-order valence-electron chi connectivity index (χ0n) is 11.7. The van der Waals surface area contributed by atoms with Gasteiger partial charge in [0.05, 0.1) is 5.92 Å². The van der Waals surface area contributed by atoms with Crippen LogP contribution in [-0.2, 0) is 9.59 Å². The Bertz CT molecular complexity index is 294. The van der Waals surface area contributed by atoms with Crippen molar-refractivity contribution in [3.8, 4) is 0 Å². The highest BCUT2D eigenvalue weighted by Gasteiger charge is 2.30. The van der Waals surface area contributed by atoms with E-state index in [2.05, 4.69) is 5.32 Å². The molecule has 1 rings (SSSR count). The summed E-state index contributed by atoms with van der Waals surface area (Å²) in [7, 11) is 0. The highest BCUT2D eigenvalue weighted by molar-refractivity contribution is 5.80. The summed E-state index contributed by atoms with van der Waals surface area (Å²) in [5.41, 5.74) is 10.8. The van der Waals surface area contributed by atoms with Crippen LogP contribution in [0.1, 0.15) is 57.8 Å². The maximum Gasteiger partial charge on any atom is 0.222 e. The number of carbonyl (C=O) groups is 2. The fraction of sp³-hybridized carbons (Fsp3) is 0.857. The number of hydrogen-bond donors (Lipinski definition) is 3. The summed E-state index contributed by atoms with van der Waals surface area (Å²) in [6, 6.07) is -0.0530. The molecule has 1 aliphatic rings. The van der Waals surface area contributed by atoms with E-state index in [-0.39, 0.29) is 23.8 Å². The number of nitrogens with one attached hydrogen (secondary N) is 1. The Morgan fingerprint density at radius 3 is 2.42 bits per heavy atom. The van der Waals surface area contributed by atoms with Gasteiger partial charge in [-0.3, -0.25) is 9.59 Å². The summed E-state index contributed by atoms with van der Waals surface area (Å²) in [6.45, 7) is 0.717. The van der Waals surface area contributed by atoms with Crippen LogP contribution >= 0.6 is 0 Å². The van der Waals surface area contributed by atoms with Gasteiger partial charge in [-0.1, -0.05) is 25.7 Å². The van der Waals surface area contributed by atoms with Crippen LogP contribution in [0.3, 0.4) is 0 Å². The van der Waals surface area contributed by atoms with Crippen molar-refractivity contribution in [3.05, 3.63) is 0 Å². The van der Waals surface area contributed by atoms with Crippen LogP contribution in [0.2, 0.25) is 0 Å². The number of carbonyl (C=O) groups excluding carboxylic acids is 2. The second-order valence-electron chi connectivity index (χ2n) is 5.42. The molecule has 1 aliphatic carbocycles. The van der Waals surface area contributed by atoms with Crippen molar-refractivity contribution in [2.75, 3.05) is 6.54 Å². The van der Waals surface area contributed by atoms with Crippen molar-refractivity contribution >= 4 is 11.8 Å². The Balaban J connectivity index is 2.24. The molecule has 5 nitrogen and oxygen atoms in total. The molecule has 0 heterocycles. The number of nitrogens with two attached hydrogens (primary N) is 2. The Hall–Kier alpha value is -1.10. The number of amides is 2. The van der Waals surface area contributed by atoms with Crippen LogP contribution < -0.4 is 16.8 Å². The maximum absolute atomic E-state index is 11.8. The average Bonchev–Trinajstić information content (AvgIpc) is 2.39. The molecule has 0 aliphatic heterocycles. The first kappa shape index (κ1) is 16.0. The summed E-state index contributed by atoms with van der Waals surface area (Å²) in [5, 5.41) is 2.98. The third kappa shape index (κ3) is 6.05. The molecular formula is C14H27N3O2. The molecule has 0 radical (unpaired) electrons. The van der Waals surface area contributed by atoms with E-state index in [0.29, 0.717) is 13.0 Å². The summed E-state index contributed by atoms with van der Waals surface area (Å²) >= 11 is 0. The molecule has 0 bridgehead atoms. The maximum atomic E-state index is 11.8. The Morgan fingerprint density at radius 1 is 1.05 bits per heavy atom. The quantitative estimate of drug-likeness (QED) is 0.574. The van der Waals surface area contributed by atoms with Gasteiger partial charge in [0, 0.05) is 12.5 Å². The van der Waals surface area contributed by atoms with Crippen LogP contribution in [0.4, 0.5) is 0 Å². The fourth-order valence-electron chi connectivity index (χ4n) is 2.71. The molecule has 110 valence electrons. The van der Waals surface area contributed by atoms with E-state index in [1.165, 1.54) is 0 Å². The summed E-state index contributed by atoms with van der Waals surface area (Å²) in [5.74, 6) is -0.422. The van der Waals surface area contributed by atoms with Gasteiger partial charge < -0.3 is 16.8 Å². The minimum Gasteiger partial charge on any atom is -0.369 e. The molecule has 2 atom stereocenters. The smallest absolute Gasteiger partial charge is 0.222 e. The van der Waals surface area contributed by atoms with Crippen molar-refractivity contribution in [2.45, 2.75) is 63.8 Å². The van der Waals surface area contributed by atoms with Crippen molar-refractivity contribution in [2.24, 2.45) is 17.4 Å². The van der Waals surface area contributed by atoms with Crippen molar-refractivity contribution in [1.82, 2.24) is 5.32 Å². The molecule has 1 saturated carbocycles. The summed E-state index contributed by atoms with van der Waals surface area (Å²) in [4.78, 5) is 23.2. The van der Waals surface area contributed by atoms with Gasteiger partial charge in [0.2, 0.25) is 11.8 Å². The van der Waals surface area contributed by atoms with E-state index in [0.717, 1.165) is 51.4 Å². The lowest BCUT2D eigenvalue weighted by molar-refractivity contribution is -0.126. The van der Waals surface area contributed by atoms with Gasteiger partial charge in [0.25, 0.3) is 0 Å². The van der Waals surface area contributed by atoms with E-state index < -0.39 is 0 Å². The molecule has 19 heavy (non-hydrogen) atoms. The Kier molecular flexibility index (Phi) is 7.48. The van der Waals surface area contributed by atoms with Crippen LogP contribution in [-0.4, -0.2) is 24.4 Å². The van der Waals surface area contributed by atoms with Gasteiger partial charge in [-0.25, -0.2) is 0 Å². The van der Waals surface area contributed by atoms with E-state index in [1.807, 2.05) is 0 Å².